The molecule has 0 aliphatic heterocycles. The van der Waals surface area contributed by atoms with E-state index in [1.54, 1.807) is 6.07 Å². The number of amides is 1. The van der Waals surface area contributed by atoms with Crippen molar-refractivity contribution in [3.05, 3.63) is 80.1 Å². The lowest BCUT2D eigenvalue weighted by molar-refractivity contribution is -0.116. The van der Waals surface area contributed by atoms with Crippen LogP contribution in [0.3, 0.4) is 0 Å². The number of aryl methyl sites for hydroxylation is 2. The third-order valence-electron chi connectivity index (χ3n) is 4.84. The maximum absolute atomic E-state index is 13.1. The lowest BCUT2D eigenvalue weighted by Crippen LogP contribution is -2.27. The van der Waals surface area contributed by atoms with Crippen LogP contribution in [0.5, 0.6) is 0 Å². The van der Waals surface area contributed by atoms with Gasteiger partial charge in [0.15, 0.2) is 0 Å². The monoisotopic (exact) mass is 467 g/mol. The van der Waals surface area contributed by atoms with E-state index in [-0.39, 0.29) is 18.0 Å². The molecule has 5 nitrogen and oxygen atoms in total. The largest absolute Gasteiger partial charge is 0.324 e. The number of anilines is 1. The number of rotatable bonds is 4. The van der Waals surface area contributed by atoms with Crippen molar-refractivity contribution in [2.45, 2.75) is 20.4 Å². The molecular formula is C22H18BrN3O2S. The number of carbonyl (C=O) groups excluding carboxylic acids is 1. The van der Waals surface area contributed by atoms with Crippen LogP contribution in [0.1, 0.15) is 11.1 Å². The van der Waals surface area contributed by atoms with E-state index in [2.05, 4.69) is 46.1 Å². The van der Waals surface area contributed by atoms with E-state index in [9.17, 15) is 9.59 Å². The van der Waals surface area contributed by atoms with Crippen molar-refractivity contribution >= 4 is 49.1 Å². The van der Waals surface area contributed by atoms with Crippen LogP contribution < -0.4 is 10.9 Å². The summed E-state index contributed by atoms with van der Waals surface area (Å²) in [7, 11) is 0. The summed E-state index contributed by atoms with van der Waals surface area (Å²) in [6, 6.07) is 13.5. The molecule has 0 atom stereocenters. The normalized spacial score (nSPS) is 11.0. The fourth-order valence-electron chi connectivity index (χ4n) is 3.11. The Morgan fingerprint density at radius 3 is 2.72 bits per heavy atom. The summed E-state index contributed by atoms with van der Waals surface area (Å²) in [5.41, 5.74) is 4.64. The summed E-state index contributed by atoms with van der Waals surface area (Å²) in [6.45, 7) is 4.00. The van der Waals surface area contributed by atoms with Crippen molar-refractivity contribution in [3.63, 3.8) is 0 Å². The number of aromatic nitrogens is 2. The number of nitrogens with one attached hydrogen (secondary N) is 1. The van der Waals surface area contributed by atoms with Gasteiger partial charge in [-0.05, 0) is 58.6 Å². The molecule has 29 heavy (non-hydrogen) atoms. The first-order valence-corrected chi connectivity index (χ1v) is 10.7. The molecule has 0 spiro atoms. The lowest BCUT2D eigenvalue weighted by atomic mass is 10.0. The maximum Gasteiger partial charge on any atom is 0.263 e. The number of thiophene rings is 1. The Morgan fingerprint density at radius 1 is 1.17 bits per heavy atom. The third kappa shape index (κ3) is 3.88. The minimum atomic E-state index is -0.289. The highest BCUT2D eigenvalue weighted by Crippen LogP contribution is 2.31. The molecule has 1 amide bonds. The number of hydrogen-bond acceptors (Lipinski definition) is 4. The van der Waals surface area contributed by atoms with Crippen LogP contribution in [0.2, 0.25) is 0 Å². The number of halogens is 1. The topological polar surface area (TPSA) is 64.0 Å². The average molecular weight is 468 g/mol. The van der Waals surface area contributed by atoms with Gasteiger partial charge < -0.3 is 5.32 Å². The molecule has 0 radical (unpaired) electrons. The van der Waals surface area contributed by atoms with Gasteiger partial charge in [-0.2, -0.15) is 0 Å². The molecule has 146 valence electrons. The molecule has 0 saturated heterocycles. The number of nitrogens with zero attached hydrogens (tertiary/aromatic N) is 2. The van der Waals surface area contributed by atoms with Gasteiger partial charge in [-0.1, -0.05) is 30.3 Å². The van der Waals surface area contributed by atoms with Gasteiger partial charge in [-0.25, -0.2) is 4.98 Å². The van der Waals surface area contributed by atoms with E-state index >= 15 is 0 Å². The Morgan fingerprint density at radius 2 is 1.97 bits per heavy atom. The summed E-state index contributed by atoms with van der Waals surface area (Å²) in [4.78, 5) is 30.7. The minimum Gasteiger partial charge on any atom is -0.324 e. The van der Waals surface area contributed by atoms with Crippen LogP contribution in [0.4, 0.5) is 5.69 Å². The Hall–Kier alpha value is -2.77. The second-order valence-corrected chi connectivity index (χ2v) is 8.55. The lowest BCUT2D eigenvalue weighted by Gasteiger charge is -2.09. The maximum atomic E-state index is 13.1. The molecular weight excluding hydrogens is 450 g/mol. The molecule has 0 unspecified atom stereocenters. The van der Waals surface area contributed by atoms with Gasteiger partial charge in [0.05, 0.1) is 17.4 Å². The van der Waals surface area contributed by atoms with Crippen LogP contribution in [0, 0.1) is 13.8 Å². The summed E-state index contributed by atoms with van der Waals surface area (Å²) in [5, 5.41) is 5.32. The van der Waals surface area contributed by atoms with Crippen molar-refractivity contribution in [1.82, 2.24) is 9.55 Å². The molecule has 0 aliphatic carbocycles. The van der Waals surface area contributed by atoms with Crippen LogP contribution in [0.25, 0.3) is 21.3 Å². The van der Waals surface area contributed by atoms with Crippen LogP contribution in [0.15, 0.2) is 63.4 Å². The van der Waals surface area contributed by atoms with E-state index in [4.69, 9.17) is 0 Å². The highest BCUT2D eigenvalue weighted by atomic mass is 79.9. The minimum absolute atomic E-state index is 0.106. The summed E-state index contributed by atoms with van der Waals surface area (Å²) < 4.78 is 2.13. The van der Waals surface area contributed by atoms with Crippen molar-refractivity contribution in [2.24, 2.45) is 0 Å². The van der Waals surface area contributed by atoms with Crippen molar-refractivity contribution in [2.75, 3.05) is 5.32 Å². The number of hydrogen-bond donors (Lipinski definition) is 1. The standard InChI is InChI=1S/C22H18BrN3O2S/c1-13-7-8-15(9-14(13)2)16-11-29-21-20(16)22(28)26(12-24-21)10-19(27)25-18-6-4-3-5-17(18)23/h3-9,11-12H,10H2,1-2H3,(H,25,27). The van der Waals surface area contributed by atoms with Gasteiger partial charge in [0, 0.05) is 15.4 Å². The molecule has 2 aromatic carbocycles. The van der Waals surface area contributed by atoms with Gasteiger partial charge in [0.1, 0.15) is 11.4 Å². The zero-order chi connectivity index (χ0) is 20.5. The summed E-state index contributed by atoms with van der Waals surface area (Å²) in [5.74, 6) is -0.289. The highest BCUT2D eigenvalue weighted by Gasteiger charge is 2.15. The number of para-hydroxylation sites is 1. The van der Waals surface area contributed by atoms with Gasteiger partial charge in [-0.15, -0.1) is 11.3 Å². The molecule has 0 aliphatic rings. The Balaban J connectivity index is 1.69. The highest BCUT2D eigenvalue weighted by molar-refractivity contribution is 9.10. The second kappa shape index (κ2) is 7.93. The second-order valence-electron chi connectivity index (χ2n) is 6.83. The number of carbonyl (C=O) groups is 1. The first-order chi connectivity index (χ1) is 13.9. The third-order valence-corrected chi connectivity index (χ3v) is 6.42. The van der Waals surface area contributed by atoms with E-state index in [1.807, 2.05) is 35.7 Å². The SMILES string of the molecule is Cc1ccc(-c2csc3ncn(CC(=O)Nc4ccccc4Br)c(=O)c23)cc1C. The fraction of sp³-hybridized carbons (Fsp3) is 0.136. The zero-order valence-corrected chi connectivity index (χ0v) is 18.3. The van der Waals surface area contributed by atoms with E-state index in [0.29, 0.717) is 15.9 Å². The number of benzene rings is 2. The van der Waals surface area contributed by atoms with Crippen LogP contribution in [-0.2, 0) is 11.3 Å². The van der Waals surface area contributed by atoms with Crippen molar-refractivity contribution < 1.29 is 4.79 Å². The van der Waals surface area contributed by atoms with Crippen molar-refractivity contribution in [3.8, 4) is 11.1 Å². The molecule has 1 N–H and O–H groups in total. The Kier molecular flexibility index (Phi) is 5.34. The molecule has 0 saturated carbocycles. The average Bonchev–Trinajstić information content (AvgIpc) is 3.13. The molecule has 7 heteroatoms. The van der Waals surface area contributed by atoms with Gasteiger partial charge >= 0.3 is 0 Å². The smallest absolute Gasteiger partial charge is 0.263 e. The van der Waals surface area contributed by atoms with E-state index < -0.39 is 0 Å². The summed E-state index contributed by atoms with van der Waals surface area (Å²) >= 11 is 4.84. The molecule has 0 bridgehead atoms. The predicted octanol–water partition coefficient (Wildman–Crippen LogP) is 5.14. The first-order valence-electron chi connectivity index (χ1n) is 9.02. The predicted molar refractivity (Wildman–Crippen MR) is 122 cm³/mol. The quantitative estimate of drug-likeness (QED) is 0.451. The van der Waals surface area contributed by atoms with Gasteiger partial charge in [-0.3, -0.25) is 14.2 Å². The molecule has 4 aromatic rings. The molecule has 0 fully saturated rings. The molecule has 4 rings (SSSR count). The summed E-state index contributed by atoms with van der Waals surface area (Å²) in [6.07, 6.45) is 1.44. The fourth-order valence-corrected chi connectivity index (χ4v) is 4.40. The van der Waals surface area contributed by atoms with E-state index in [0.717, 1.165) is 15.6 Å². The Bertz CT molecular complexity index is 1290. The first kappa shape index (κ1) is 19.5. The molecule has 2 heterocycles. The van der Waals surface area contributed by atoms with E-state index in [1.165, 1.54) is 33.4 Å². The van der Waals surface area contributed by atoms with Crippen LogP contribution >= 0.6 is 27.3 Å². The number of fused-ring (bicyclic) bond motifs is 1. The van der Waals surface area contributed by atoms with Crippen LogP contribution in [-0.4, -0.2) is 15.5 Å². The van der Waals surface area contributed by atoms with Crippen molar-refractivity contribution in [1.29, 1.82) is 0 Å². The van der Waals surface area contributed by atoms with Gasteiger partial charge in [0.2, 0.25) is 5.91 Å². The molecule has 2 aromatic heterocycles. The Labute approximate surface area is 180 Å². The van der Waals surface area contributed by atoms with Gasteiger partial charge in [0.25, 0.3) is 5.56 Å². The zero-order valence-electron chi connectivity index (χ0n) is 15.9.